The van der Waals surface area contributed by atoms with E-state index in [1.807, 2.05) is 30.3 Å². The first-order valence-electron chi connectivity index (χ1n) is 8.38. The van der Waals surface area contributed by atoms with E-state index in [-0.39, 0.29) is 23.8 Å². The SMILES string of the molecule is COc1cncc(C(=O)NCc2ccc(F)cc2)c1OCc1ccccc1. The molecule has 2 aromatic carbocycles. The average molecular weight is 366 g/mol. The number of carbonyl (C=O) groups excluding carboxylic acids is 1. The highest BCUT2D eigenvalue weighted by molar-refractivity contribution is 5.97. The van der Waals surface area contributed by atoms with Gasteiger partial charge in [-0.15, -0.1) is 0 Å². The van der Waals surface area contributed by atoms with Gasteiger partial charge in [0.1, 0.15) is 18.0 Å². The lowest BCUT2D eigenvalue weighted by Crippen LogP contribution is -2.24. The summed E-state index contributed by atoms with van der Waals surface area (Å²) in [6, 6.07) is 15.6. The molecule has 138 valence electrons. The molecule has 0 unspecified atom stereocenters. The summed E-state index contributed by atoms with van der Waals surface area (Å²) in [7, 11) is 1.49. The zero-order chi connectivity index (χ0) is 19.1. The molecular weight excluding hydrogens is 347 g/mol. The summed E-state index contributed by atoms with van der Waals surface area (Å²) in [6.45, 7) is 0.550. The second-order valence-corrected chi connectivity index (χ2v) is 5.80. The quantitative estimate of drug-likeness (QED) is 0.692. The minimum Gasteiger partial charge on any atom is -0.491 e. The van der Waals surface area contributed by atoms with Crippen LogP contribution in [0.5, 0.6) is 11.5 Å². The molecule has 0 radical (unpaired) electrons. The van der Waals surface area contributed by atoms with Crippen LogP contribution in [-0.2, 0) is 13.2 Å². The predicted octanol–water partition coefficient (Wildman–Crippen LogP) is 3.74. The number of methoxy groups -OCH3 is 1. The van der Waals surface area contributed by atoms with E-state index in [1.54, 1.807) is 12.1 Å². The van der Waals surface area contributed by atoms with Crippen LogP contribution in [0.15, 0.2) is 67.0 Å². The first-order chi connectivity index (χ1) is 13.2. The number of rotatable bonds is 7. The molecule has 1 amide bonds. The number of pyridine rings is 1. The maximum Gasteiger partial charge on any atom is 0.257 e. The Bertz CT molecular complexity index is 899. The Morgan fingerprint density at radius 3 is 2.48 bits per heavy atom. The second kappa shape index (κ2) is 8.80. The van der Waals surface area contributed by atoms with Crippen LogP contribution in [0.4, 0.5) is 4.39 Å². The highest BCUT2D eigenvalue weighted by atomic mass is 19.1. The smallest absolute Gasteiger partial charge is 0.257 e. The lowest BCUT2D eigenvalue weighted by atomic mass is 10.2. The number of hydrogen-bond acceptors (Lipinski definition) is 4. The molecule has 0 bridgehead atoms. The molecule has 5 nitrogen and oxygen atoms in total. The Hall–Kier alpha value is -3.41. The maximum absolute atomic E-state index is 13.0. The van der Waals surface area contributed by atoms with Crippen LogP contribution in [0.3, 0.4) is 0 Å². The van der Waals surface area contributed by atoms with Crippen LogP contribution < -0.4 is 14.8 Å². The van der Waals surface area contributed by atoms with Crippen molar-refractivity contribution in [3.63, 3.8) is 0 Å². The molecular formula is C21H19FN2O3. The highest BCUT2D eigenvalue weighted by Gasteiger charge is 2.18. The third-order valence-electron chi connectivity index (χ3n) is 3.92. The van der Waals surface area contributed by atoms with Gasteiger partial charge in [0.05, 0.1) is 13.3 Å². The minimum absolute atomic E-state index is 0.258. The van der Waals surface area contributed by atoms with Crippen molar-refractivity contribution in [1.29, 1.82) is 0 Å². The van der Waals surface area contributed by atoms with Gasteiger partial charge >= 0.3 is 0 Å². The molecule has 1 N–H and O–H groups in total. The fraction of sp³-hybridized carbons (Fsp3) is 0.143. The number of nitrogens with zero attached hydrogens (tertiary/aromatic N) is 1. The van der Waals surface area contributed by atoms with Gasteiger partial charge in [-0.1, -0.05) is 42.5 Å². The highest BCUT2D eigenvalue weighted by Crippen LogP contribution is 2.30. The summed E-state index contributed by atoms with van der Waals surface area (Å²) in [5, 5.41) is 2.79. The van der Waals surface area contributed by atoms with Gasteiger partial charge in [0.15, 0.2) is 11.5 Å². The Labute approximate surface area is 156 Å². The molecule has 0 aliphatic carbocycles. The number of halogens is 1. The van der Waals surface area contributed by atoms with Crippen molar-refractivity contribution in [1.82, 2.24) is 10.3 Å². The largest absolute Gasteiger partial charge is 0.491 e. The van der Waals surface area contributed by atoms with Crippen LogP contribution >= 0.6 is 0 Å². The van der Waals surface area contributed by atoms with Crippen LogP contribution in [0.25, 0.3) is 0 Å². The van der Waals surface area contributed by atoms with E-state index in [0.29, 0.717) is 18.1 Å². The van der Waals surface area contributed by atoms with Gasteiger partial charge in [0.25, 0.3) is 5.91 Å². The molecule has 1 aromatic heterocycles. The normalized spacial score (nSPS) is 10.3. The van der Waals surface area contributed by atoms with Crippen molar-refractivity contribution in [3.05, 3.63) is 89.5 Å². The summed E-state index contributed by atoms with van der Waals surface area (Å²) >= 11 is 0. The first kappa shape index (κ1) is 18.4. The van der Waals surface area contributed by atoms with Crippen molar-refractivity contribution >= 4 is 5.91 Å². The number of benzene rings is 2. The molecule has 0 atom stereocenters. The number of aromatic nitrogens is 1. The van der Waals surface area contributed by atoms with Crippen molar-refractivity contribution < 1.29 is 18.7 Å². The summed E-state index contributed by atoms with van der Waals surface area (Å²) in [4.78, 5) is 16.7. The van der Waals surface area contributed by atoms with E-state index in [0.717, 1.165) is 11.1 Å². The van der Waals surface area contributed by atoms with E-state index < -0.39 is 0 Å². The van der Waals surface area contributed by atoms with Crippen LogP contribution in [0.2, 0.25) is 0 Å². The minimum atomic E-state index is -0.353. The number of amides is 1. The molecule has 6 heteroatoms. The summed E-state index contributed by atoms with van der Waals surface area (Å²) < 4.78 is 24.1. The van der Waals surface area contributed by atoms with Gasteiger partial charge in [-0.05, 0) is 23.3 Å². The molecule has 0 saturated carbocycles. The Morgan fingerprint density at radius 2 is 1.78 bits per heavy atom. The number of hydrogen-bond donors (Lipinski definition) is 1. The van der Waals surface area contributed by atoms with Gasteiger partial charge in [0.2, 0.25) is 0 Å². The van der Waals surface area contributed by atoms with Crippen molar-refractivity contribution in [2.75, 3.05) is 7.11 Å². The maximum atomic E-state index is 13.0. The molecule has 27 heavy (non-hydrogen) atoms. The fourth-order valence-corrected chi connectivity index (χ4v) is 2.50. The molecule has 3 aromatic rings. The Morgan fingerprint density at radius 1 is 1.04 bits per heavy atom. The van der Waals surface area contributed by atoms with Gasteiger partial charge in [0, 0.05) is 12.7 Å². The second-order valence-electron chi connectivity index (χ2n) is 5.80. The van der Waals surface area contributed by atoms with E-state index >= 15 is 0 Å². The molecule has 3 rings (SSSR count). The number of nitrogens with one attached hydrogen (secondary N) is 1. The molecule has 0 aliphatic heterocycles. The molecule has 1 heterocycles. The lowest BCUT2D eigenvalue weighted by Gasteiger charge is -2.14. The summed E-state index contributed by atoms with van der Waals surface area (Å²) in [5.41, 5.74) is 2.02. The first-order valence-corrected chi connectivity index (χ1v) is 8.38. The van der Waals surface area contributed by atoms with Crippen LogP contribution in [0.1, 0.15) is 21.5 Å². The van der Waals surface area contributed by atoms with E-state index in [1.165, 1.54) is 31.6 Å². The third kappa shape index (κ3) is 4.82. The molecule has 0 spiro atoms. The van der Waals surface area contributed by atoms with Gasteiger partial charge in [-0.3, -0.25) is 9.78 Å². The molecule has 0 saturated heterocycles. The average Bonchev–Trinajstić information content (AvgIpc) is 2.72. The van der Waals surface area contributed by atoms with E-state index in [4.69, 9.17) is 9.47 Å². The Balaban J connectivity index is 1.75. The zero-order valence-electron chi connectivity index (χ0n) is 14.8. The van der Waals surface area contributed by atoms with Crippen molar-refractivity contribution in [2.45, 2.75) is 13.2 Å². The Kier molecular flexibility index (Phi) is 5.99. The molecule has 0 aliphatic rings. The van der Waals surface area contributed by atoms with Gasteiger partial charge < -0.3 is 14.8 Å². The fourth-order valence-electron chi connectivity index (χ4n) is 2.50. The predicted molar refractivity (Wildman–Crippen MR) is 99.1 cm³/mol. The number of ether oxygens (including phenoxy) is 2. The van der Waals surface area contributed by atoms with Crippen molar-refractivity contribution in [2.24, 2.45) is 0 Å². The van der Waals surface area contributed by atoms with Crippen LogP contribution in [0, 0.1) is 5.82 Å². The molecule has 0 fully saturated rings. The van der Waals surface area contributed by atoms with E-state index in [9.17, 15) is 9.18 Å². The van der Waals surface area contributed by atoms with Crippen molar-refractivity contribution in [3.8, 4) is 11.5 Å². The van der Waals surface area contributed by atoms with Gasteiger partial charge in [-0.2, -0.15) is 0 Å². The van der Waals surface area contributed by atoms with E-state index in [2.05, 4.69) is 10.3 Å². The number of carbonyl (C=O) groups is 1. The summed E-state index contributed by atoms with van der Waals surface area (Å²) in [5.74, 6) is 0.0285. The zero-order valence-corrected chi connectivity index (χ0v) is 14.8. The van der Waals surface area contributed by atoms with Crippen LogP contribution in [-0.4, -0.2) is 18.0 Å². The summed E-state index contributed by atoms with van der Waals surface area (Å²) in [6.07, 6.45) is 2.93. The monoisotopic (exact) mass is 366 g/mol. The third-order valence-corrected chi connectivity index (χ3v) is 3.92. The standard InChI is InChI=1S/C21H19FN2O3/c1-26-19-13-23-12-18(20(19)27-14-16-5-3-2-4-6-16)21(25)24-11-15-7-9-17(22)10-8-15/h2-10,12-13H,11,14H2,1H3,(H,24,25). The topological polar surface area (TPSA) is 60.5 Å². The lowest BCUT2D eigenvalue weighted by molar-refractivity contribution is 0.0945. The van der Waals surface area contributed by atoms with Gasteiger partial charge in [-0.25, -0.2) is 4.39 Å².